The Morgan fingerprint density at radius 1 is 0.933 bits per heavy atom. The molecular weight excluding hydrogens is 376 g/mol. The first-order valence-electron chi connectivity index (χ1n) is 10.1. The van der Waals surface area contributed by atoms with Gasteiger partial charge in [0.15, 0.2) is 5.65 Å². The zero-order valence-corrected chi connectivity index (χ0v) is 17.1. The summed E-state index contributed by atoms with van der Waals surface area (Å²) in [5.41, 5.74) is 5.75. The monoisotopic (exact) mass is 398 g/mol. The van der Waals surface area contributed by atoms with Gasteiger partial charge in [0.25, 0.3) is 5.56 Å². The van der Waals surface area contributed by atoms with Crippen LogP contribution in [0.15, 0.2) is 66.1 Å². The maximum Gasteiger partial charge on any atom is 0.250 e. The first kappa shape index (κ1) is 18.3. The zero-order valence-electron chi connectivity index (χ0n) is 17.1. The van der Waals surface area contributed by atoms with E-state index in [-0.39, 0.29) is 11.6 Å². The Morgan fingerprint density at radius 2 is 1.77 bits per heavy atom. The highest BCUT2D eigenvalue weighted by atomic mass is 16.1. The molecule has 4 heterocycles. The van der Waals surface area contributed by atoms with Gasteiger partial charge < -0.3 is 4.57 Å². The first-order valence-corrected chi connectivity index (χ1v) is 10.1. The van der Waals surface area contributed by atoms with Crippen LogP contribution in [-0.4, -0.2) is 28.9 Å². The average Bonchev–Trinajstić information content (AvgIpc) is 3.37. The summed E-state index contributed by atoms with van der Waals surface area (Å²) in [6.07, 6.45) is 9.38. The van der Waals surface area contributed by atoms with Crippen molar-refractivity contribution in [3.05, 3.63) is 71.7 Å². The second-order valence-electron chi connectivity index (χ2n) is 7.67. The van der Waals surface area contributed by atoms with Gasteiger partial charge in [-0.15, -0.1) is 0 Å². The highest BCUT2D eigenvalue weighted by Gasteiger charge is 2.13. The van der Waals surface area contributed by atoms with Crippen LogP contribution >= 0.6 is 0 Å². The molecule has 30 heavy (non-hydrogen) atoms. The lowest BCUT2D eigenvalue weighted by atomic mass is 10.1. The maximum atomic E-state index is 11.9. The fourth-order valence-corrected chi connectivity index (χ4v) is 3.79. The second-order valence-corrected chi connectivity index (χ2v) is 7.67. The molecule has 0 unspecified atom stereocenters. The molecule has 0 saturated heterocycles. The molecule has 0 saturated carbocycles. The third-order valence-electron chi connectivity index (χ3n) is 5.41. The Labute approximate surface area is 173 Å². The van der Waals surface area contributed by atoms with Gasteiger partial charge >= 0.3 is 0 Å². The number of rotatable bonds is 4. The van der Waals surface area contributed by atoms with Crippen molar-refractivity contribution >= 4 is 16.6 Å². The Morgan fingerprint density at radius 3 is 2.57 bits per heavy atom. The van der Waals surface area contributed by atoms with Crippen molar-refractivity contribution in [3.63, 3.8) is 0 Å². The zero-order chi connectivity index (χ0) is 20.8. The van der Waals surface area contributed by atoms with Crippen LogP contribution < -0.4 is 5.56 Å². The Balaban J connectivity index is 1.60. The summed E-state index contributed by atoms with van der Waals surface area (Å²) >= 11 is 0. The highest BCUT2D eigenvalue weighted by molar-refractivity contribution is 5.87. The van der Waals surface area contributed by atoms with Crippen molar-refractivity contribution in [2.24, 2.45) is 0 Å². The normalized spacial score (nSPS) is 11.7. The van der Waals surface area contributed by atoms with Gasteiger partial charge in [-0.05, 0) is 38.5 Å². The molecule has 0 aliphatic carbocycles. The van der Waals surface area contributed by atoms with Crippen LogP contribution in [0.5, 0.6) is 0 Å². The van der Waals surface area contributed by atoms with E-state index in [1.807, 2.05) is 48.7 Å². The summed E-state index contributed by atoms with van der Waals surface area (Å²) in [6, 6.07) is 10.0. The number of benzene rings is 1. The molecule has 0 aliphatic rings. The van der Waals surface area contributed by atoms with Crippen molar-refractivity contribution in [2.45, 2.75) is 33.4 Å². The molecule has 7 nitrogen and oxygen atoms in total. The van der Waals surface area contributed by atoms with Crippen molar-refractivity contribution in [1.29, 1.82) is 0 Å². The quantitative estimate of drug-likeness (QED) is 0.455. The molecule has 150 valence electrons. The Bertz CT molecular complexity index is 1440. The standard InChI is InChI=1S/C23H22N6O/c1-4-27-13-18(7-8-22(27)30)19-10-24-23-20(12-25-28(23)14-19)16-5-6-17-11-26-29(15(2)3)21(17)9-16/h5-15H,4H2,1-3H3. The van der Waals surface area contributed by atoms with Gasteiger partial charge in [0.1, 0.15) is 0 Å². The van der Waals surface area contributed by atoms with Crippen molar-refractivity contribution < 1.29 is 0 Å². The van der Waals surface area contributed by atoms with Gasteiger partial charge in [0, 0.05) is 59.3 Å². The SMILES string of the molecule is CCn1cc(-c2cnc3c(-c4ccc5cnn(C(C)C)c5c4)cnn3c2)ccc1=O. The molecule has 5 rings (SSSR count). The predicted octanol–water partition coefficient (Wildman–Crippen LogP) is 4.18. The molecule has 5 aromatic rings. The number of fused-ring (bicyclic) bond motifs is 2. The summed E-state index contributed by atoms with van der Waals surface area (Å²) in [5.74, 6) is 0. The van der Waals surface area contributed by atoms with Gasteiger partial charge in [-0.25, -0.2) is 9.50 Å². The van der Waals surface area contributed by atoms with Crippen molar-refractivity contribution in [1.82, 2.24) is 28.9 Å². The van der Waals surface area contributed by atoms with E-state index in [1.54, 1.807) is 15.1 Å². The van der Waals surface area contributed by atoms with Crippen LogP contribution in [0, 0.1) is 0 Å². The van der Waals surface area contributed by atoms with E-state index in [9.17, 15) is 4.79 Å². The molecular formula is C23H22N6O. The number of hydrogen-bond acceptors (Lipinski definition) is 4. The molecule has 0 amide bonds. The first-order chi connectivity index (χ1) is 14.5. The Hall–Kier alpha value is -3.74. The lowest BCUT2D eigenvalue weighted by Gasteiger charge is -2.08. The van der Waals surface area contributed by atoms with E-state index in [2.05, 4.69) is 47.2 Å². The number of aryl methyl sites for hydroxylation is 1. The third kappa shape index (κ3) is 2.90. The molecule has 0 N–H and O–H groups in total. The molecule has 0 fully saturated rings. The van der Waals surface area contributed by atoms with Crippen LogP contribution in [0.1, 0.15) is 26.8 Å². The molecule has 0 bridgehead atoms. The maximum absolute atomic E-state index is 11.9. The van der Waals surface area contributed by atoms with E-state index < -0.39 is 0 Å². The topological polar surface area (TPSA) is 70.0 Å². The second kappa shape index (κ2) is 6.95. The van der Waals surface area contributed by atoms with Gasteiger partial charge in [-0.2, -0.15) is 10.2 Å². The van der Waals surface area contributed by atoms with Crippen LogP contribution in [0.2, 0.25) is 0 Å². The lowest BCUT2D eigenvalue weighted by Crippen LogP contribution is -2.17. The fourth-order valence-electron chi connectivity index (χ4n) is 3.79. The Kier molecular flexibility index (Phi) is 4.24. The third-order valence-corrected chi connectivity index (χ3v) is 5.41. The minimum Gasteiger partial charge on any atom is -0.315 e. The van der Waals surface area contributed by atoms with Crippen LogP contribution in [0.4, 0.5) is 0 Å². The summed E-state index contributed by atoms with van der Waals surface area (Å²) in [4.78, 5) is 16.6. The minimum atomic E-state index is -0.00677. The summed E-state index contributed by atoms with van der Waals surface area (Å²) in [7, 11) is 0. The van der Waals surface area contributed by atoms with Gasteiger partial charge in [0.2, 0.25) is 0 Å². The summed E-state index contributed by atoms with van der Waals surface area (Å²) in [6.45, 7) is 6.83. The van der Waals surface area contributed by atoms with Crippen LogP contribution in [0.3, 0.4) is 0 Å². The molecule has 0 spiro atoms. The molecule has 0 radical (unpaired) electrons. The number of aromatic nitrogens is 6. The van der Waals surface area contributed by atoms with E-state index in [4.69, 9.17) is 0 Å². The van der Waals surface area contributed by atoms with Crippen LogP contribution in [0.25, 0.3) is 38.8 Å². The molecule has 4 aromatic heterocycles. The molecule has 0 atom stereocenters. The predicted molar refractivity (Wildman–Crippen MR) is 117 cm³/mol. The minimum absolute atomic E-state index is 0.00677. The lowest BCUT2D eigenvalue weighted by molar-refractivity contribution is 0.551. The number of nitrogens with zero attached hydrogens (tertiary/aromatic N) is 6. The van der Waals surface area contributed by atoms with Gasteiger partial charge in [0.05, 0.1) is 17.9 Å². The van der Waals surface area contributed by atoms with Gasteiger partial charge in [-0.3, -0.25) is 9.48 Å². The van der Waals surface area contributed by atoms with E-state index in [1.165, 1.54) is 0 Å². The molecule has 7 heteroatoms. The fraction of sp³-hybridized carbons (Fsp3) is 0.217. The van der Waals surface area contributed by atoms with Crippen LogP contribution in [-0.2, 0) is 6.54 Å². The molecule has 0 aliphatic heterocycles. The van der Waals surface area contributed by atoms with E-state index >= 15 is 0 Å². The highest BCUT2D eigenvalue weighted by Crippen LogP contribution is 2.29. The van der Waals surface area contributed by atoms with E-state index in [0.717, 1.165) is 38.8 Å². The number of pyridine rings is 1. The van der Waals surface area contributed by atoms with Crippen molar-refractivity contribution in [3.8, 4) is 22.3 Å². The van der Waals surface area contributed by atoms with Gasteiger partial charge in [-0.1, -0.05) is 12.1 Å². The smallest absolute Gasteiger partial charge is 0.250 e. The summed E-state index contributed by atoms with van der Waals surface area (Å²) < 4.78 is 5.50. The number of hydrogen-bond donors (Lipinski definition) is 0. The van der Waals surface area contributed by atoms with E-state index in [0.29, 0.717) is 6.54 Å². The largest absolute Gasteiger partial charge is 0.315 e. The summed E-state index contributed by atoms with van der Waals surface area (Å²) in [5, 5.41) is 10.1. The van der Waals surface area contributed by atoms with Crippen molar-refractivity contribution in [2.75, 3.05) is 0 Å². The average molecular weight is 398 g/mol. The molecule has 1 aromatic carbocycles.